The van der Waals surface area contributed by atoms with Gasteiger partial charge in [0.1, 0.15) is 0 Å². The third-order valence-electron chi connectivity index (χ3n) is 6.09. The van der Waals surface area contributed by atoms with Gasteiger partial charge in [0.15, 0.2) is 0 Å². The molecule has 1 atom stereocenters. The van der Waals surface area contributed by atoms with Crippen LogP contribution in [0.5, 0.6) is 0 Å². The largest absolute Gasteiger partial charge is 0.345 e. The molecule has 3 aromatic carbocycles. The quantitative estimate of drug-likeness (QED) is 0.262. The van der Waals surface area contributed by atoms with Gasteiger partial charge < -0.3 is 9.88 Å². The van der Waals surface area contributed by atoms with Crippen molar-refractivity contribution in [1.29, 1.82) is 0 Å². The number of hydrogen-bond acceptors (Lipinski definition) is 3. The zero-order chi connectivity index (χ0) is 25.5. The predicted octanol–water partition coefficient (Wildman–Crippen LogP) is 5.41. The Balaban J connectivity index is 1.44. The number of hydrazone groups is 1. The van der Waals surface area contributed by atoms with Crippen molar-refractivity contribution >= 4 is 18.0 Å². The molecule has 6 nitrogen and oxygen atoms in total. The number of amides is 2. The SMILES string of the molecule is Cc1ccc(-n2c(C)cc(/C=N\NC(=O)C[C@@H](NC(=O)c3ccccc3)c3ccccc3)c2C)cc1. The summed E-state index contributed by atoms with van der Waals surface area (Å²) in [6.45, 7) is 6.14. The van der Waals surface area contributed by atoms with E-state index >= 15 is 0 Å². The molecular weight excluding hydrogens is 448 g/mol. The number of carbonyl (C=O) groups is 2. The molecule has 0 aliphatic rings. The molecule has 182 valence electrons. The molecule has 0 spiro atoms. The molecule has 0 unspecified atom stereocenters. The van der Waals surface area contributed by atoms with Gasteiger partial charge in [-0.25, -0.2) is 5.43 Å². The number of rotatable bonds is 8. The van der Waals surface area contributed by atoms with Crippen molar-refractivity contribution in [1.82, 2.24) is 15.3 Å². The monoisotopic (exact) mass is 478 g/mol. The summed E-state index contributed by atoms with van der Waals surface area (Å²) in [5, 5.41) is 7.17. The lowest BCUT2D eigenvalue weighted by molar-refractivity contribution is -0.121. The fourth-order valence-electron chi connectivity index (χ4n) is 4.18. The third-order valence-corrected chi connectivity index (χ3v) is 6.09. The summed E-state index contributed by atoms with van der Waals surface area (Å²) < 4.78 is 2.16. The Bertz CT molecular complexity index is 1360. The summed E-state index contributed by atoms with van der Waals surface area (Å²) in [5.41, 5.74) is 9.34. The summed E-state index contributed by atoms with van der Waals surface area (Å²) in [5.74, 6) is -0.523. The Hall–Kier alpha value is -4.45. The average molecular weight is 479 g/mol. The van der Waals surface area contributed by atoms with Crippen LogP contribution in [0.1, 0.15) is 50.9 Å². The summed E-state index contributed by atoms with van der Waals surface area (Å²) in [7, 11) is 0. The standard InChI is InChI=1S/C30H30N4O2/c1-21-14-16-27(17-15-21)34-22(2)18-26(23(34)3)20-31-33-29(35)19-28(24-10-6-4-7-11-24)32-30(36)25-12-8-5-9-13-25/h4-18,20,28H,19H2,1-3H3,(H,32,36)(H,33,35)/b31-20-/t28-/m1/s1. The number of hydrogen-bond donors (Lipinski definition) is 2. The van der Waals surface area contributed by atoms with Gasteiger partial charge in [0.2, 0.25) is 5.91 Å². The molecule has 2 amide bonds. The topological polar surface area (TPSA) is 75.5 Å². The molecule has 0 radical (unpaired) electrons. The van der Waals surface area contributed by atoms with Gasteiger partial charge in [-0.1, -0.05) is 66.2 Å². The first-order valence-electron chi connectivity index (χ1n) is 11.9. The predicted molar refractivity (Wildman–Crippen MR) is 143 cm³/mol. The van der Waals surface area contributed by atoms with Crippen molar-refractivity contribution in [3.63, 3.8) is 0 Å². The molecule has 6 heteroatoms. The molecule has 1 aromatic heterocycles. The molecular formula is C30H30N4O2. The van der Waals surface area contributed by atoms with Crippen LogP contribution >= 0.6 is 0 Å². The van der Waals surface area contributed by atoms with E-state index in [4.69, 9.17) is 0 Å². The lowest BCUT2D eigenvalue weighted by Crippen LogP contribution is -2.32. The molecule has 0 bridgehead atoms. The van der Waals surface area contributed by atoms with Crippen molar-refractivity contribution in [3.8, 4) is 5.69 Å². The highest BCUT2D eigenvalue weighted by Crippen LogP contribution is 2.20. The van der Waals surface area contributed by atoms with Crippen LogP contribution in [0, 0.1) is 20.8 Å². The Morgan fingerprint density at radius 1 is 0.889 bits per heavy atom. The normalized spacial score (nSPS) is 11.9. The fraction of sp³-hybridized carbons (Fsp3) is 0.167. The summed E-state index contributed by atoms with van der Waals surface area (Å²) >= 11 is 0. The maximum Gasteiger partial charge on any atom is 0.251 e. The van der Waals surface area contributed by atoms with E-state index in [9.17, 15) is 9.59 Å². The summed E-state index contributed by atoms with van der Waals surface area (Å²) in [6, 6.07) is 28.3. The minimum Gasteiger partial charge on any atom is -0.345 e. The third kappa shape index (κ3) is 5.96. The lowest BCUT2D eigenvalue weighted by atomic mass is 10.0. The molecule has 4 rings (SSSR count). The van der Waals surface area contributed by atoms with Gasteiger partial charge in [-0.2, -0.15) is 5.10 Å². The van der Waals surface area contributed by atoms with E-state index < -0.39 is 6.04 Å². The van der Waals surface area contributed by atoms with Crippen LogP contribution in [0.2, 0.25) is 0 Å². The van der Waals surface area contributed by atoms with Crippen molar-refractivity contribution in [2.24, 2.45) is 5.10 Å². The van der Waals surface area contributed by atoms with E-state index in [1.807, 2.05) is 68.4 Å². The highest BCUT2D eigenvalue weighted by atomic mass is 16.2. The van der Waals surface area contributed by atoms with Gasteiger partial charge in [0, 0.05) is 28.2 Å². The molecule has 0 fully saturated rings. The number of nitrogens with zero attached hydrogens (tertiary/aromatic N) is 2. The van der Waals surface area contributed by atoms with E-state index in [-0.39, 0.29) is 18.2 Å². The van der Waals surface area contributed by atoms with Crippen molar-refractivity contribution in [3.05, 3.63) is 125 Å². The Morgan fingerprint density at radius 2 is 1.53 bits per heavy atom. The minimum atomic E-state index is -0.485. The van der Waals surface area contributed by atoms with E-state index in [2.05, 4.69) is 51.6 Å². The number of aryl methyl sites for hydroxylation is 2. The maximum absolute atomic E-state index is 12.8. The van der Waals surface area contributed by atoms with Gasteiger partial charge >= 0.3 is 0 Å². The average Bonchev–Trinajstić information content (AvgIpc) is 3.17. The first kappa shape index (κ1) is 24.7. The first-order valence-corrected chi connectivity index (χ1v) is 11.9. The van der Waals surface area contributed by atoms with Crippen LogP contribution in [-0.4, -0.2) is 22.6 Å². The van der Waals surface area contributed by atoms with Crippen molar-refractivity contribution in [2.75, 3.05) is 0 Å². The highest BCUT2D eigenvalue weighted by Gasteiger charge is 2.19. The van der Waals surface area contributed by atoms with E-state index in [1.165, 1.54) is 5.56 Å². The van der Waals surface area contributed by atoms with Crippen LogP contribution in [0.25, 0.3) is 5.69 Å². The highest BCUT2D eigenvalue weighted by molar-refractivity contribution is 5.94. The molecule has 4 aromatic rings. The van der Waals surface area contributed by atoms with Crippen LogP contribution in [-0.2, 0) is 4.79 Å². The van der Waals surface area contributed by atoms with Crippen LogP contribution in [0.3, 0.4) is 0 Å². The summed E-state index contributed by atoms with van der Waals surface area (Å²) in [6.07, 6.45) is 1.72. The van der Waals surface area contributed by atoms with Crippen molar-refractivity contribution in [2.45, 2.75) is 33.2 Å². The zero-order valence-electron chi connectivity index (χ0n) is 20.7. The van der Waals surface area contributed by atoms with E-state index in [1.54, 1.807) is 18.3 Å². The molecule has 0 aliphatic carbocycles. The van der Waals surface area contributed by atoms with Crippen molar-refractivity contribution < 1.29 is 9.59 Å². The molecule has 36 heavy (non-hydrogen) atoms. The van der Waals surface area contributed by atoms with Gasteiger partial charge in [-0.15, -0.1) is 0 Å². The van der Waals surface area contributed by atoms with Gasteiger partial charge in [-0.05, 0) is 56.7 Å². The molecule has 2 N–H and O–H groups in total. The van der Waals surface area contributed by atoms with Gasteiger partial charge in [0.25, 0.3) is 5.91 Å². The number of carbonyl (C=O) groups excluding carboxylic acids is 2. The van der Waals surface area contributed by atoms with E-state index in [0.717, 1.165) is 28.2 Å². The Morgan fingerprint density at radius 3 is 2.19 bits per heavy atom. The number of benzene rings is 3. The summed E-state index contributed by atoms with van der Waals surface area (Å²) in [4.78, 5) is 25.5. The first-order chi connectivity index (χ1) is 17.4. The number of nitrogens with one attached hydrogen (secondary N) is 2. The smallest absolute Gasteiger partial charge is 0.251 e. The minimum absolute atomic E-state index is 0.0579. The van der Waals surface area contributed by atoms with Crippen LogP contribution < -0.4 is 10.7 Å². The molecule has 1 heterocycles. The molecule has 0 saturated heterocycles. The Labute approximate surface area is 211 Å². The van der Waals surface area contributed by atoms with Gasteiger partial charge in [-0.3, -0.25) is 9.59 Å². The molecule has 0 saturated carbocycles. The number of aromatic nitrogens is 1. The second-order valence-corrected chi connectivity index (χ2v) is 8.80. The van der Waals surface area contributed by atoms with E-state index in [0.29, 0.717) is 5.56 Å². The van der Waals surface area contributed by atoms with Crippen LogP contribution in [0.4, 0.5) is 0 Å². The van der Waals surface area contributed by atoms with Gasteiger partial charge in [0.05, 0.1) is 18.7 Å². The fourth-order valence-corrected chi connectivity index (χ4v) is 4.18. The zero-order valence-corrected chi connectivity index (χ0v) is 20.7. The molecule has 0 aliphatic heterocycles. The lowest BCUT2D eigenvalue weighted by Gasteiger charge is -2.18. The second kappa shape index (κ2) is 11.3. The maximum atomic E-state index is 12.8. The Kier molecular flexibility index (Phi) is 7.75. The van der Waals surface area contributed by atoms with Crippen LogP contribution in [0.15, 0.2) is 96.1 Å². The second-order valence-electron chi connectivity index (χ2n) is 8.80.